The summed E-state index contributed by atoms with van der Waals surface area (Å²) in [4.78, 5) is 0. The molecule has 2 aromatic carbocycles. The monoisotopic (exact) mass is 426 g/mol. The fourth-order valence-corrected chi connectivity index (χ4v) is 4.63. The van der Waals surface area contributed by atoms with E-state index in [1.54, 1.807) is 6.07 Å². The first kappa shape index (κ1) is 23.5. The Labute approximate surface area is 186 Å². The summed E-state index contributed by atoms with van der Waals surface area (Å²) in [6.45, 7) is 2.24. The first-order valence-corrected chi connectivity index (χ1v) is 11.9. The van der Waals surface area contributed by atoms with Gasteiger partial charge in [0, 0.05) is 0 Å². The first-order chi connectivity index (χ1) is 15.1. The Morgan fingerprint density at radius 1 is 0.871 bits per heavy atom. The minimum absolute atomic E-state index is 0.0241. The van der Waals surface area contributed by atoms with Gasteiger partial charge >= 0.3 is 0 Å². The predicted octanol–water partition coefficient (Wildman–Crippen LogP) is 8.17. The van der Waals surface area contributed by atoms with Crippen LogP contribution in [-0.2, 0) is 12.8 Å². The fourth-order valence-electron chi connectivity index (χ4n) is 4.63. The number of unbranched alkanes of at least 4 members (excludes halogenated alkanes) is 2. The van der Waals surface area contributed by atoms with E-state index in [9.17, 15) is 8.78 Å². The van der Waals surface area contributed by atoms with Crippen molar-refractivity contribution in [2.45, 2.75) is 77.0 Å². The summed E-state index contributed by atoms with van der Waals surface area (Å²) in [5.74, 6) is -0.987. The molecule has 31 heavy (non-hydrogen) atoms. The quantitative estimate of drug-likeness (QED) is 0.275. The molecule has 0 saturated heterocycles. The highest BCUT2D eigenvalue weighted by molar-refractivity contribution is 5.33. The summed E-state index contributed by atoms with van der Waals surface area (Å²) in [5, 5.41) is 0. The summed E-state index contributed by atoms with van der Waals surface area (Å²) >= 11 is 0. The Hall–Kier alpha value is -2.16. The van der Waals surface area contributed by atoms with E-state index in [0.29, 0.717) is 11.5 Å². The van der Waals surface area contributed by atoms with E-state index in [-0.39, 0.29) is 11.7 Å². The van der Waals surface area contributed by atoms with Crippen molar-refractivity contribution >= 4 is 0 Å². The van der Waals surface area contributed by atoms with Gasteiger partial charge in [-0.15, -0.1) is 0 Å². The maximum absolute atomic E-state index is 14.4. The van der Waals surface area contributed by atoms with Crippen LogP contribution in [0.3, 0.4) is 0 Å². The molecular formula is C28H36F2O. The number of methoxy groups -OCH3 is 1. The average Bonchev–Trinajstić information content (AvgIpc) is 2.80. The maximum atomic E-state index is 14.4. The topological polar surface area (TPSA) is 9.23 Å². The van der Waals surface area contributed by atoms with Gasteiger partial charge in [-0.1, -0.05) is 62.2 Å². The second kappa shape index (κ2) is 12.0. The molecule has 0 unspecified atom stereocenters. The second-order valence-electron chi connectivity index (χ2n) is 8.84. The van der Waals surface area contributed by atoms with Crippen molar-refractivity contribution in [3.05, 3.63) is 76.9 Å². The Bertz CT molecular complexity index is 833. The SMILES string of the molecule is CCCCCc1ccc(CC/C=C/C2CCC(c3ccc(OC)c(F)c3F)CC2)cc1. The number of aryl methyl sites for hydroxylation is 2. The minimum Gasteiger partial charge on any atom is -0.494 e. The lowest BCUT2D eigenvalue weighted by atomic mass is 9.78. The number of hydrogen-bond donors (Lipinski definition) is 0. The smallest absolute Gasteiger partial charge is 0.200 e. The van der Waals surface area contributed by atoms with E-state index >= 15 is 0 Å². The molecule has 0 spiro atoms. The molecule has 0 atom stereocenters. The summed E-state index contributed by atoms with van der Waals surface area (Å²) in [5.41, 5.74) is 3.33. The van der Waals surface area contributed by atoms with Crippen molar-refractivity contribution in [2.75, 3.05) is 7.11 Å². The van der Waals surface area contributed by atoms with Crippen molar-refractivity contribution in [3.63, 3.8) is 0 Å². The summed E-state index contributed by atoms with van der Waals surface area (Å²) in [7, 11) is 1.36. The van der Waals surface area contributed by atoms with Gasteiger partial charge in [0.15, 0.2) is 11.6 Å². The summed E-state index contributed by atoms with van der Waals surface area (Å²) in [6.07, 6.45) is 15.6. The molecule has 0 amide bonds. The molecule has 0 bridgehead atoms. The van der Waals surface area contributed by atoms with Gasteiger partial charge in [0.1, 0.15) is 0 Å². The lowest BCUT2D eigenvalue weighted by Gasteiger charge is -2.27. The van der Waals surface area contributed by atoms with Crippen LogP contribution in [0.15, 0.2) is 48.6 Å². The lowest BCUT2D eigenvalue weighted by molar-refractivity contribution is 0.349. The van der Waals surface area contributed by atoms with Crippen molar-refractivity contribution in [1.29, 1.82) is 0 Å². The number of allylic oxidation sites excluding steroid dienone is 2. The van der Waals surface area contributed by atoms with Crippen molar-refractivity contribution in [2.24, 2.45) is 5.92 Å². The standard InChI is InChI=1S/C28H36F2O/c1-3-4-5-8-21-11-13-22(14-12-21)9-6-7-10-23-15-17-24(18-16-23)25-19-20-26(31-2)28(30)27(25)29/h7,10-14,19-20,23-24H,3-6,8-9,15-18H2,1-2H3/b10-7+. The van der Waals surface area contributed by atoms with Crippen LogP contribution in [0.1, 0.15) is 80.9 Å². The van der Waals surface area contributed by atoms with Gasteiger partial charge in [0.25, 0.3) is 0 Å². The third kappa shape index (κ3) is 6.66. The number of rotatable bonds is 10. The van der Waals surface area contributed by atoms with Crippen LogP contribution in [0.25, 0.3) is 0 Å². The summed E-state index contributed by atoms with van der Waals surface area (Å²) < 4.78 is 33.3. The van der Waals surface area contributed by atoms with E-state index in [4.69, 9.17) is 4.74 Å². The molecule has 1 nitrogen and oxygen atoms in total. The van der Waals surface area contributed by atoms with Gasteiger partial charge in [0.2, 0.25) is 5.82 Å². The van der Waals surface area contributed by atoms with Gasteiger partial charge in [0.05, 0.1) is 7.11 Å². The molecule has 0 aromatic heterocycles. The normalized spacial score (nSPS) is 19.1. The Balaban J connectivity index is 1.41. The Morgan fingerprint density at radius 3 is 2.19 bits per heavy atom. The van der Waals surface area contributed by atoms with Crippen LogP contribution in [0.4, 0.5) is 8.78 Å². The zero-order valence-corrected chi connectivity index (χ0v) is 19.0. The van der Waals surface area contributed by atoms with Gasteiger partial charge in [-0.3, -0.25) is 0 Å². The van der Waals surface area contributed by atoms with Crippen molar-refractivity contribution < 1.29 is 13.5 Å². The van der Waals surface area contributed by atoms with Crippen LogP contribution in [0, 0.1) is 17.6 Å². The highest BCUT2D eigenvalue weighted by atomic mass is 19.2. The molecule has 2 aromatic rings. The molecular weight excluding hydrogens is 390 g/mol. The maximum Gasteiger partial charge on any atom is 0.200 e. The number of hydrogen-bond acceptors (Lipinski definition) is 1. The van der Waals surface area contributed by atoms with Crippen molar-refractivity contribution in [3.8, 4) is 5.75 Å². The molecule has 1 saturated carbocycles. The van der Waals surface area contributed by atoms with Crippen LogP contribution in [0.5, 0.6) is 5.75 Å². The van der Waals surface area contributed by atoms with Gasteiger partial charge in [-0.2, -0.15) is 4.39 Å². The molecule has 168 valence electrons. The molecule has 1 aliphatic carbocycles. The first-order valence-electron chi connectivity index (χ1n) is 11.9. The van der Waals surface area contributed by atoms with Crippen LogP contribution in [0.2, 0.25) is 0 Å². The molecule has 0 aliphatic heterocycles. The Morgan fingerprint density at radius 2 is 1.55 bits per heavy atom. The molecule has 1 fully saturated rings. The fraction of sp³-hybridized carbons (Fsp3) is 0.500. The largest absolute Gasteiger partial charge is 0.494 e. The van der Waals surface area contributed by atoms with Gasteiger partial charge in [-0.05, 0) is 86.0 Å². The molecule has 3 rings (SSSR count). The van der Waals surface area contributed by atoms with Crippen LogP contribution < -0.4 is 4.74 Å². The number of benzene rings is 2. The van der Waals surface area contributed by atoms with Crippen LogP contribution in [-0.4, -0.2) is 7.11 Å². The zero-order valence-electron chi connectivity index (χ0n) is 19.0. The third-order valence-corrected chi connectivity index (χ3v) is 6.61. The third-order valence-electron chi connectivity index (χ3n) is 6.61. The van der Waals surface area contributed by atoms with Crippen LogP contribution >= 0.6 is 0 Å². The minimum atomic E-state index is -0.865. The van der Waals surface area contributed by atoms with Gasteiger partial charge < -0.3 is 4.74 Å². The van der Waals surface area contributed by atoms with E-state index < -0.39 is 11.6 Å². The predicted molar refractivity (Wildman–Crippen MR) is 125 cm³/mol. The average molecular weight is 427 g/mol. The molecule has 3 heteroatoms. The lowest BCUT2D eigenvalue weighted by Crippen LogP contribution is -2.13. The number of ether oxygens (including phenoxy) is 1. The van der Waals surface area contributed by atoms with Crippen molar-refractivity contribution in [1.82, 2.24) is 0 Å². The Kier molecular flexibility index (Phi) is 9.12. The highest BCUT2D eigenvalue weighted by Gasteiger charge is 2.25. The van der Waals surface area contributed by atoms with E-state index in [1.165, 1.54) is 50.0 Å². The summed E-state index contributed by atoms with van der Waals surface area (Å²) in [6, 6.07) is 12.3. The molecule has 0 N–H and O–H groups in total. The second-order valence-corrected chi connectivity index (χ2v) is 8.84. The zero-order chi connectivity index (χ0) is 22.1. The number of halogens is 2. The van der Waals surface area contributed by atoms with E-state index in [2.05, 4.69) is 43.3 Å². The highest BCUT2D eigenvalue weighted by Crippen LogP contribution is 2.39. The van der Waals surface area contributed by atoms with Gasteiger partial charge in [-0.25, -0.2) is 4.39 Å². The van der Waals surface area contributed by atoms with E-state index in [0.717, 1.165) is 38.5 Å². The molecule has 1 aliphatic rings. The molecule has 0 radical (unpaired) electrons. The van der Waals surface area contributed by atoms with E-state index in [1.807, 2.05) is 0 Å². The molecule has 0 heterocycles.